The van der Waals surface area contributed by atoms with E-state index < -0.39 is 21.8 Å². The maximum atomic E-state index is 13.3. The van der Waals surface area contributed by atoms with Crippen molar-refractivity contribution in [1.82, 2.24) is 14.5 Å². The third kappa shape index (κ3) is 7.16. The highest BCUT2D eigenvalue weighted by atomic mass is 32.2. The van der Waals surface area contributed by atoms with E-state index in [9.17, 15) is 26.4 Å². The Morgan fingerprint density at radius 1 is 1.06 bits per heavy atom. The van der Waals surface area contributed by atoms with Gasteiger partial charge in [0, 0.05) is 38.1 Å². The van der Waals surface area contributed by atoms with Gasteiger partial charge in [0.1, 0.15) is 0 Å². The van der Waals surface area contributed by atoms with Crippen LogP contribution in [0.25, 0.3) is 0 Å². The first-order valence-corrected chi connectivity index (χ1v) is 13.4. The molecule has 0 bridgehead atoms. The third-order valence-electron chi connectivity index (χ3n) is 6.35. The molecule has 2 fully saturated rings. The summed E-state index contributed by atoms with van der Waals surface area (Å²) in [5, 5.41) is 11.8. The van der Waals surface area contributed by atoms with Crippen LogP contribution in [-0.2, 0) is 21.0 Å². The molecule has 0 spiro atoms. The number of piperidine rings is 1. The normalized spacial score (nSPS) is 18.0. The number of likely N-dealkylation sites (tertiary alicyclic amines) is 1. The molecule has 34 heavy (non-hydrogen) atoms. The highest BCUT2D eigenvalue weighted by Gasteiger charge is 2.44. The Hall–Kier alpha value is -1.69. The van der Waals surface area contributed by atoms with E-state index in [1.165, 1.54) is 10.4 Å². The Bertz CT molecular complexity index is 914. The number of alkyl halides is 3. The highest BCUT2D eigenvalue weighted by Crippen LogP contribution is 2.38. The average molecular weight is 506 g/mol. The molecule has 2 aliphatic rings. The first-order valence-electron chi connectivity index (χ1n) is 11.9. The van der Waals surface area contributed by atoms with Crippen LogP contribution in [0.1, 0.15) is 56.9 Å². The number of rotatable bonds is 12. The van der Waals surface area contributed by atoms with Crippen LogP contribution in [0.5, 0.6) is 0 Å². The number of benzene rings is 1. The summed E-state index contributed by atoms with van der Waals surface area (Å²) in [5.41, 5.74) is -0.978. The van der Waals surface area contributed by atoms with Crippen molar-refractivity contribution in [1.29, 1.82) is 0 Å². The van der Waals surface area contributed by atoms with Crippen molar-refractivity contribution in [3.8, 4) is 0 Å². The van der Waals surface area contributed by atoms with E-state index in [2.05, 4.69) is 5.32 Å². The summed E-state index contributed by atoms with van der Waals surface area (Å²) >= 11 is 0. The largest absolute Gasteiger partial charge is 0.416 e. The Morgan fingerprint density at radius 2 is 1.74 bits per heavy atom. The molecule has 1 aromatic rings. The van der Waals surface area contributed by atoms with E-state index in [1.807, 2.05) is 0 Å². The lowest BCUT2D eigenvalue weighted by Gasteiger charge is -2.38. The molecule has 192 valence electrons. The van der Waals surface area contributed by atoms with Gasteiger partial charge >= 0.3 is 6.18 Å². The van der Waals surface area contributed by atoms with Crippen molar-refractivity contribution >= 4 is 15.9 Å². The van der Waals surface area contributed by atoms with Crippen LogP contribution in [0.15, 0.2) is 29.2 Å². The number of carbonyl (C=O) groups excluding carboxylic acids is 1. The standard InChI is InChI=1S/C23H34F3N3O4S/c24-23(25,26)18-5-4-6-21(17-18)34(32,33)29(19-8-9-19)20-10-14-28(15-11-20)22(31)7-2-1-3-12-27-13-16-30/h4-6,17,19-20,27,30H,1-3,7-16H2. The quantitative estimate of drug-likeness (QED) is 0.427. The summed E-state index contributed by atoms with van der Waals surface area (Å²) in [4.78, 5) is 14.0. The van der Waals surface area contributed by atoms with Crippen LogP contribution in [0.2, 0.25) is 0 Å². The zero-order chi connectivity index (χ0) is 24.8. The van der Waals surface area contributed by atoms with Crippen LogP contribution >= 0.6 is 0 Å². The minimum Gasteiger partial charge on any atom is -0.395 e. The molecule has 3 rings (SSSR count). The van der Waals surface area contributed by atoms with Gasteiger partial charge in [-0.1, -0.05) is 12.5 Å². The van der Waals surface area contributed by atoms with Gasteiger partial charge in [-0.3, -0.25) is 4.79 Å². The van der Waals surface area contributed by atoms with E-state index >= 15 is 0 Å². The second-order valence-electron chi connectivity index (χ2n) is 8.99. The van der Waals surface area contributed by atoms with Gasteiger partial charge in [-0.15, -0.1) is 0 Å². The third-order valence-corrected chi connectivity index (χ3v) is 8.35. The van der Waals surface area contributed by atoms with Gasteiger partial charge in [-0.2, -0.15) is 17.5 Å². The van der Waals surface area contributed by atoms with E-state index in [-0.39, 0.29) is 29.5 Å². The van der Waals surface area contributed by atoms with Crippen LogP contribution in [0.3, 0.4) is 0 Å². The number of hydrogen-bond acceptors (Lipinski definition) is 5. The number of aliphatic hydroxyl groups is 1. The minimum atomic E-state index is -4.61. The molecule has 1 aromatic carbocycles. The molecule has 1 saturated heterocycles. The van der Waals surface area contributed by atoms with Crippen LogP contribution in [-0.4, -0.2) is 73.5 Å². The minimum absolute atomic E-state index is 0.0560. The smallest absolute Gasteiger partial charge is 0.395 e. The van der Waals surface area contributed by atoms with Gasteiger partial charge < -0.3 is 15.3 Å². The number of halogens is 3. The summed E-state index contributed by atoms with van der Waals surface area (Å²) < 4.78 is 67.4. The summed E-state index contributed by atoms with van der Waals surface area (Å²) in [5.74, 6) is 0.0560. The lowest BCUT2D eigenvalue weighted by atomic mass is 10.0. The fraction of sp³-hybridized carbons (Fsp3) is 0.696. The molecule has 1 aliphatic heterocycles. The zero-order valence-electron chi connectivity index (χ0n) is 19.3. The Balaban J connectivity index is 1.55. The maximum absolute atomic E-state index is 13.3. The second kappa shape index (κ2) is 11.8. The van der Waals surface area contributed by atoms with Crippen molar-refractivity contribution in [3.63, 3.8) is 0 Å². The Kier molecular flexibility index (Phi) is 9.36. The lowest BCUT2D eigenvalue weighted by molar-refractivity contribution is -0.137. The van der Waals surface area contributed by atoms with Gasteiger partial charge in [0.2, 0.25) is 15.9 Å². The van der Waals surface area contributed by atoms with Gasteiger partial charge in [-0.05, 0) is 63.3 Å². The molecule has 1 saturated carbocycles. The number of unbranched alkanes of at least 4 members (excludes halogenated alkanes) is 2. The van der Waals surface area contributed by atoms with Crippen molar-refractivity contribution in [3.05, 3.63) is 29.8 Å². The first-order chi connectivity index (χ1) is 16.1. The van der Waals surface area contributed by atoms with Gasteiger partial charge in [0.15, 0.2) is 0 Å². The van der Waals surface area contributed by atoms with Crippen LogP contribution < -0.4 is 5.32 Å². The summed E-state index contributed by atoms with van der Waals surface area (Å²) in [6, 6.07) is 3.42. The van der Waals surface area contributed by atoms with Crippen molar-refractivity contribution in [2.24, 2.45) is 0 Å². The lowest BCUT2D eigenvalue weighted by Crippen LogP contribution is -2.49. The summed E-state index contributed by atoms with van der Waals surface area (Å²) in [6.45, 7) is 2.37. The number of nitrogens with one attached hydrogen (secondary N) is 1. The number of carbonyl (C=O) groups is 1. The number of hydrogen-bond donors (Lipinski definition) is 2. The molecule has 1 aliphatic carbocycles. The van der Waals surface area contributed by atoms with Crippen LogP contribution in [0.4, 0.5) is 13.2 Å². The number of aliphatic hydroxyl groups excluding tert-OH is 1. The second-order valence-corrected chi connectivity index (χ2v) is 10.8. The molecule has 0 atom stereocenters. The number of nitrogens with zero attached hydrogens (tertiary/aromatic N) is 2. The highest BCUT2D eigenvalue weighted by molar-refractivity contribution is 7.89. The molecule has 1 heterocycles. The fourth-order valence-electron chi connectivity index (χ4n) is 4.41. The summed E-state index contributed by atoms with van der Waals surface area (Å²) in [6.07, 6.45) is 0.797. The average Bonchev–Trinajstić information content (AvgIpc) is 3.63. The first kappa shape index (κ1) is 26.9. The predicted octanol–water partition coefficient (Wildman–Crippen LogP) is 2.99. The Labute approximate surface area is 199 Å². The number of sulfonamides is 1. The zero-order valence-corrected chi connectivity index (χ0v) is 20.1. The van der Waals surface area contributed by atoms with E-state index in [0.29, 0.717) is 57.8 Å². The molecule has 11 heteroatoms. The predicted molar refractivity (Wildman–Crippen MR) is 122 cm³/mol. The molecule has 0 aromatic heterocycles. The molecule has 7 nitrogen and oxygen atoms in total. The Morgan fingerprint density at radius 3 is 2.35 bits per heavy atom. The van der Waals surface area contributed by atoms with Crippen molar-refractivity contribution in [2.45, 2.75) is 74.5 Å². The number of amides is 1. The molecular formula is C23H34F3N3O4S. The van der Waals surface area contributed by atoms with Crippen molar-refractivity contribution in [2.75, 3.05) is 32.8 Å². The maximum Gasteiger partial charge on any atom is 0.416 e. The van der Waals surface area contributed by atoms with Gasteiger partial charge in [-0.25, -0.2) is 8.42 Å². The van der Waals surface area contributed by atoms with Crippen LogP contribution in [0, 0.1) is 0 Å². The molecule has 1 amide bonds. The summed E-state index contributed by atoms with van der Waals surface area (Å²) in [7, 11) is -4.08. The topological polar surface area (TPSA) is 89.9 Å². The van der Waals surface area contributed by atoms with Gasteiger partial charge in [0.25, 0.3) is 0 Å². The monoisotopic (exact) mass is 505 g/mol. The van der Waals surface area contributed by atoms with E-state index in [1.54, 1.807) is 4.90 Å². The van der Waals surface area contributed by atoms with E-state index in [0.717, 1.165) is 37.9 Å². The molecule has 0 radical (unpaired) electrons. The van der Waals surface area contributed by atoms with E-state index in [4.69, 9.17) is 5.11 Å². The molecular weight excluding hydrogens is 471 g/mol. The fourth-order valence-corrected chi connectivity index (χ4v) is 6.39. The van der Waals surface area contributed by atoms with Crippen molar-refractivity contribution < 1.29 is 31.5 Å². The molecule has 2 N–H and O–H groups in total. The SMILES string of the molecule is O=C(CCCCCNCCO)N1CCC(N(C2CC2)S(=O)(=O)c2cccc(C(F)(F)F)c2)CC1. The molecule has 0 unspecified atom stereocenters. The van der Waals surface area contributed by atoms with Gasteiger partial charge in [0.05, 0.1) is 17.1 Å².